The summed E-state index contributed by atoms with van der Waals surface area (Å²) in [5, 5.41) is 3.64. The summed E-state index contributed by atoms with van der Waals surface area (Å²) < 4.78 is 5.18. The SMILES string of the molecule is COc1ccc2[nH]c(C)c(C(=O)NCCN)c2c1. The van der Waals surface area contributed by atoms with Gasteiger partial charge in [0, 0.05) is 29.7 Å². The normalized spacial score (nSPS) is 10.6. The molecule has 0 saturated carbocycles. The molecule has 0 unspecified atom stereocenters. The third-order valence-corrected chi connectivity index (χ3v) is 2.85. The summed E-state index contributed by atoms with van der Waals surface area (Å²) in [6.45, 7) is 2.77. The first kappa shape index (κ1) is 12.4. The van der Waals surface area contributed by atoms with Gasteiger partial charge in [-0.1, -0.05) is 0 Å². The molecule has 1 heterocycles. The molecule has 0 fully saturated rings. The van der Waals surface area contributed by atoms with Crippen LogP contribution in [0.25, 0.3) is 10.9 Å². The zero-order chi connectivity index (χ0) is 13.1. The minimum absolute atomic E-state index is 0.113. The molecule has 2 aromatic rings. The number of ether oxygens (including phenoxy) is 1. The first-order valence-electron chi connectivity index (χ1n) is 5.82. The molecule has 0 atom stereocenters. The average Bonchev–Trinajstić information content (AvgIpc) is 2.70. The van der Waals surface area contributed by atoms with Crippen LogP contribution in [0.1, 0.15) is 16.1 Å². The minimum atomic E-state index is -0.113. The number of aryl methyl sites for hydroxylation is 1. The molecular formula is C13H17N3O2. The summed E-state index contributed by atoms with van der Waals surface area (Å²) in [5.74, 6) is 0.617. The lowest BCUT2D eigenvalue weighted by Crippen LogP contribution is -2.29. The second kappa shape index (κ2) is 5.10. The highest BCUT2D eigenvalue weighted by atomic mass is 16.5. The van der Waals surface area contributed by atoms with Crippen molar-refractivity contribution in [2.24, 2.45) is 5.73 Å². The van der Waals surface area contributed by atoms with E-state index >= 15 is 0 Å². The Morgan fingerprint density at radius 1 is 1.50 bits per heavy atom. The maximum atomic E-state index is 12.1. The number of H-pyrrole nitrogens is 1. The zero-order valence-corrected chi connectivity index (χ0v) is 10.5. The molecule has 0 aliphatic heterocycles. The van der Waals surface area contributed by atoms with Gasteiger partial charge >= 0.3 is 0 Å². The summed E-state index contributed by atoms with van der Waals surface area (Å²) in [6, 6.07) is 5.62. The topological polar surface area (TPSA) is 80.1 Å². The monoisotopic (exact) mass is 247 g/mol. The lowest BCUT2D eigenvalue weighted by atomic mass is 10.1. The molecule has 1 aromatic heterocycles. The first-order valence-corrected chi connectivity index (χ1v) is 5.82. The van der Waals surface area contributed by atoms with Gasteiger partial charge in [-0.3, -0.25) is 4.79 Å². The largest absolute Gasteiger partial charge is 0.497 e. The average molecular weight is 247 g/mol. The number of benzene rings is 1. The Hall–Kier alpha value is -2.01. The number of methoxy groups -OCH3 is 1. The van der Waals surface area contributed by atoms with E-state index in [0.29, 0.717) is 18.7 Å². The molecule has 0 radical (unpaired) electrons. The molecule has 96 valence electrons. The highest BCUT2D eigenvalue weighted by molar-refractivity contribution is 6.08. The molecule has 5 heteroatoms. The Kier molecular flexibility index (Phi) is 3.53. The Morgan fingerprint density at radius 2 is 2.28 bits per heavy atom. The molecular weight excluding hydrogens is 230 g/mol. The molecule has 4 N–H and O–H groups in total. The maximum Gasteiger partial charge on any atom is 0.253 e. The van der Waals surface area contributed by atoms with E-state index in [-0.39, 0.29) is 5.91 Å². The molecule has 18 heavy (non-hydrogen) atoms. The highest BCUT2D eigenvalue weighted by Crippen LogP contribution is 2.26. The van der Waals surface area contributed by atoms with Crippen molar-refractivity contribution in [3.8, 4) is 5.75 Å². The van der Waals surface area contributed by atoms with Gasteiger partial charge in [0.1, 0.15) is 5.75 Å². The lowest BCUT2D eigenvalue weighted by Gasteiger charge is -2.04. The van der Waals surface area contributed by atoms with Crippen LogP contribution in [0.3, 0.4) is 0 Å². The number of rotatable bonds is 4. The van der Waals surface area contributed by atoms with Crippen molar-refractivity contribution in [3.05, 3.63) is 29.5 Å². The third-order valence-electron chi connectivity index (χ3n) is 2.85. The number of carbonyl (C=O) groups excluding carboxylic acids is 1. The maximum absolute atomic E-state index is 12.1. The molecule has 5 nitrogen and oxygen atoms in total. The van der Waals surface area contributed by atoms with Crippen molar-refractivity contribution in [2.75, 3.05) is 20.2 Å². The summed E-state index contributed by atoms with van der Waals surface area (Å²) in [7, 11) is 1.61. The molecule has 0 saturated heterocycles. The molecule has 0 aliphatic carbocycles. The Labute approximate surface area is 105 Å². The van der Waals surface area contributed by atoms with Crippen LogP contribution < -0.4 is 15.8 Å². The van der Waals surface area contributed by atoms with Crippen molar-refractivity contribution in [1.29, 1.82) is 0 Å². The molecule has 1 aromatic carbocycles. The van der Waals surface area contributed by atoms with Crippen molar-refractivity contribution in [2.45, 2.75) is 6.92 Å². The zero-order valence-electron chi connectivity index (χ0n) is 10.5. The Bertz CT molecular complexity index is 575. The van der Waals surface area contributed by atoms with Crippen molar-refractivity contribution < 1.29 is 9.53 Å². The highest BCUT2D eigenvalue weighted by Gasteiger charge is 2.15. The van der Waals surface area contributed by atoms with Crippen LogP contribution in [-0.4, -0.2) is 31.1 Å². The number of aromatic nitrogens is 1. The van der Waals surface area contributed by atoms with E-state index in [1.54, 1.807) is 7.11 Å². The molecule has 1 amide bonds. The number of nitrogens with one attached hydrogen (secondary N) is 2. The van der Waals surface area contributed by atoms with Gasteiger partial charge in [0.05, 0.1) is 12.7 Å². The number of nitrogens with two attached hydrogens (primary N) is 1. The molecule has 0 bridgehead atoms. The second-order valence-corrected chi connectivity index (χ2v) is 4.08. The van der Waals surface area contributed by atoms with Crippen molar-refractivity contribution in [1.82, 2.24) is 10.3 Å². The minimum Gasteiger partial charge on any atom is -0.497 e. The third kappa shape index (κ3) is 2.17. The number of amides is 1. The van der Waals surface area contributed by atoms with Crippen molar-refractivity contribution >= 4 is 16.8 Å². The van der Waals surface area contributed by atoms with Crippen LogP contribution in [0.2, 0.25) is 0 Å². The fourth-order valence-corrected chi connectivity index (χ4v) is 2.00. The first-order chi connectivity index (χ1) is 8.67. The van der Waals surface area contributed by atoms with Gasteiger partial charge in [0.15, 0.2) is 0 Å². The Balaban J connectivity index is 2.47. The van der Waals surface area contributed by atoms with Gasteiger partial charge in [-0.2, -0.15) is 0 Å². The number of aromatic amines is 1. The van der Waals surface area contributed by atoms with Crippen LogP contribution in [0.5, 0.6) is 5.75 Å². The predicted molar refractivity (Wildman–Crippen MR) is 71.0 cm³/mol. The predicted octanol–water partition coefficient (Wildman–Crippen LogP) is 1.17. The van der Waals surface area contributed by atoms with E-state index < -0.39 is 0 Å². The Morgan fingerprint density at radius 3 is 2.94 bits per heavy atom. The summed E-state index contributed by atoms with van der Waals surface area (Å²) in [5.41, 5.74) is 7.80. The van der Waals surface area contributed by atoms with Gasteiger partial charge < -0.3 is 20.8 Å². The van der Waals surface area contributed by atoms with E-state index in [1.165, 1.54) is 0 Å². The van der Waals surface area contributed by atoms with Crippen molar-refractivity contribution in [3.63, 3.8) is 0 Å². The van der Waals surface area contributed by atoms with Gasteiger partial charge in [0.25, 0.3) is 5.91 Å². The number of carbonyl (C=O) groups is 1. The van der Waals surface area contributed by atoms with Gasteiger partial charge in [-0.05, 0) is 25.1 Å². The van der Waals surface area contributed by atoms with Gasteiger partial charge in [-0.15, -0.1) is 0 Å². The van der Waals surface area contributed by atoms with E-state index in [1.807, 2.05) is 25.1 Å². The van der Waals surface area contributed by atoms with Gasteiger partial charge in [0.2, 0.25) is 0 Å². The quantitative estimate of drug-likeness (QED) is 0.758. The number of hydrogen-bond acceptors (Lipinski definition) is 3. The van der Waals surface area contributed by atoms with Crippen LogP contribution in [-0.2, 0) is 0 Å². The van der Waals surface area contributed by atoms with Crippen LogP contribution >= 0.6 is 0 Å². The van der Waals surface area contributed by atoms with E-state index in [4.69, 9.17) is 10.5 Å². The van der Waals surface area contributed by atoms with Crippen LogP contribution in [0.4, 0.5) is 0 Å². The van der Waals surface area contributed by atoms with E-state index in [2.05, 4.69) is 10.3 Å². The second-order valence-electron chi connectivity index (χ2n) is 4.08. The van der Waals surface area contributed by atoms with E-state index in [9.17, 15) is 4.79 Å². The van der Waals surface area contributed by atoms with E-state index in [0.717, 1.165) is 22.3 Å². The molecule has 0 aliphatic rings. The summed E-state index contributed by atoms with van der Waals surface area (Å²) in [4.78, 5) is 15.3. The van der Waals surface area contributed by atoms with Gasteiger partial charge in [-0.25, -0.2) is 0 Å². The molecule has 2 rings (SSSR count). The fraction of sp³-hybridized carbons (Fsp3) is 0.308. The summed E-state index contributed by atoms with van der Waals surface area (Å²) in [6.07, 6.45) is 0. The van der Waals surface area contributed by atoms with Crippen LogP contribution in [0.15, 0.2) is 18.2 Å². The standard InChI is InChI=1S/C13H17N3O2/c1-8-12(13(17)15-6-5-14)10-7-9(18-2)3-4-11(10)16-8/h3-4,7,16H,5-6,14H2,1-2H3,(H,15,17). The lowest BCUT2D eigenvalue weighted by molar-refractivity contribution is 0.0956. The van der Waals surface area contributed by atoms with Crippen LogP contribution in [0, 0.1) is 6.92 Å². The number of hydrogen-bond donors (Lipinski definition) is 3. The summed E-state index contributed by atoms with van der Waals surface area (Å²) >= 11 is 0. The fourth-order valence-electron chi connectivity index (χ4n) is 2.00. The number of fused-ring (bicyclic) bond motifs is 1. The smallest absolute Gasteiger partial charge is 0.253 e. The molecule has 0 spiro atoms.